The predicted molar refractivity (Wildman–Crippen MR) is 120 cm³/mol. The maximum atomic E-state index is 14.4. The van der Waals surface area contributed by atoms with Gasteiger partial charge in [-0.3, -0.25) is 9.78 Å². The molecule has 36 heavy (non-hydrogen) atoms. The van der Waals surface area contributed by atoms with Gasteiger partial charge in [-0.25, -0.2) is 4.39 Å². The number of carbonyl (C=O) groups excluding carboxylic acids is 1. The van der Waals surface area contributed by atoms with Crippen molar-refractivity contribution in [3.05, 3.63) is 53.4 Å². The topological polar surface area (TPSA) is 69.7 Å². The van der Waals surface area contributed by atoms with E-state index in [2.05, 4.69) is 10.3 Å². The van der Waals surface area contributed by atoms with Crippen molar-refractivity contribution in [2.24, 2.45) is 11.8 Å². The summed E-state index contributed by atoms with van der Waals surface area (Å²) in [6, 6.07) is 5.23. The molecule has 4 rings (SSSR count). The van der Waals surface area contributed by atoms with Crippen molar-refractivity contribution in [3.63, 3.8) is 0 Å². The summed E-state index contributed by atoms with van der Waals surface area (Å²) in [4.78, 5) is 17.5. The molecule has 3 heterocycles. The van der Waals surface area contributed by atoms with Crippen LogP contribution in [0.25, 0.3) is 0 Å². The second-order valence-corrected chi connectivity index (χ2v) is 9.40. The molecule has 1 aromatic heterocycles. The third-order valence-electron chi connectivity index (χ3n) is 7.18. The Morgan fingerprint density at radius 3 is 2.58 bits per heavy atom. The van der Waals surface area contributed by atoms with Crippen molar-refractivity contribution < 1.29 is 41.0 Å². The Hall–Kier alpha value is -2.79. The minimum atomic E-state index is -4.83. The number of hydrogen-bond donors (Lipinski definition) is 1. The van der Waals surface area contributed by atoms with Crippen molar-refractivity contribution >= 4 is 11.6 Å². The van der Waals surface area contributed by atoms with Gasteiger partial charge >= 0.3 is 6.18 Å². The third-order valence-corrected chi connectivity index (χ3v) is 7.18. The van der Waals surface area contributed by atoms with Gasteiger partial charge in [0.25, 0.3) is 5.91 Å². The van der Waals surface area contributed by atoms with Crippen molar-refractivity contribution in [1.82, 2.24) is 4.98 Å². The van der Waals surface area contributed by atoms with Gasteiger partial charge in [-0.15, -0.1) is 0 Å². The Balaban J connectivity index is 1.62. The standard InChI is InChI=1S/C25H27F5N2O4/c1-13-19(17-6-7-18(26)20(27)21(17)34-3)22(36-24(13,2)25(28,29)30)23(33)32-16-5-4-15(31-11-16)10-14-8-9-35-12-14/h4-7,11,13-14,19,22H,8-10,12H2,1-3H3,(H,32,33)/t13-,14+,19-,22+,24+/m0/s1. The molecule has 2 aromatic rings. The molecule has 5 atom stereocenters. The van der Waals surface area contributed by atoms with Gasteiger partial charge in [-0.1, -0.05) is 13.0 Å². The van der Waals surface area contributed by atoms with E-state index < -0.39 is 53.0 Å². The van der Waals surface area contributed by atoms with Crippen LogP contribution >= 0.6 is 0 Å². The van der Waals surface area contributed by atoms with Crippen molar-refractivity contribution in [3.8, 4) is 5.75 Å². The van der Waals surface area contributed by atoms with E-state index in [1.165, 1.54) is 13.1 Å². The first kappa shape index (κ1) is 26.3. The Morgan fingerprint density at radius 1 is 1.25 bits per heavy atom. The molecule has 2 aliphatic rings. The molecule has 2 fully saturated rings. The number of halogens is 5. The van der Waals surface area contributed by atoms with Crippen LogP contribution in [-0.4, -0.2) is 49.1 Å². The first-order valence-corrected chi connectivity index (χ1v) is 11.6. The van der Waals surface area contributed by atoms with Crippen LogP contribution in [0.2, 0.25) is 0 Å². The quantitative estimate of drug-likeness (QED) is 0.548. The number of anilines is 1. The summed E-state index contributed by atoms with van der Waals surface area (Å²) in [7, 11) is 1.07. The summed E-state index contributed by atoms with van der Waals surface area (Å²) in [5, 5.41) is 2.55. The Kier molecular flexibility index (Phi) is 7.25. The average molecular weight is 514 g/mol. The predicted octanol–water partition coefficient (Wildman–Crippen LogP) is 5.03. The van der Waals surface area contributed by atoms with Gasteiger partial charge < -0.3 is 19.5 Å². The highest BCUT2D eigenvalue weighted by atomic mass is 19.4. The lowest BCUT2D eigenvalue weighted by atomic mass is 9.77. The van der Waals surface area contributed by atoms with Crippen molar-refractivity contribution in [2.45, 2.75) is 50.5 Å². The number of rotatable bonds is 6. The number of alkyl halides is 3. The molecule has 196 valence electrons. The number of benzene rings is 1. The molecule has 0 bridgehead atoms. The molecule has 0 radical (unpaired) electrons. The number of aromatic nitrogens is 1. The molecule has 0 spiro atoms. The molecule has 1 N–H and O–H groups in total. The number of hydrogen-bond acceptors (Lipinski definition) is 5. The van der Waals surface area contributed by atoms with E-state index in [4.69, 9.17) is 14.2 Å². The molecule has 0 aliphatic carbocycles. The van der Waals surface area contributed by atoms with Gasteiger partial charge in [-0.2, -0.15) is 17.6 Å². The summed E-state index contributed by atoms with van der Waals surface area (Å²) >= 11 is 0. The molecule has 11 heteroatoms. The van der Waals surface area contributed by atoms with Crippen LogP contribution in [0.1, 0.15) is 37.4 Å². The minimum absolute atomic E-state index is 0.0933. The van der Waals surface area contributed by atoms with Crippen LogP contribution < -0.4 is 10.1 Å². The van der Waals surface area contributed by atoms with Gasteiger partial charge in [0.15, 0.2) is 17.2 Å². The Morgan fingerprint density at radius 2 is 2.00 bits per heavy atom. The highest BCUT2D eigenvalue weighted by molar-refractivity contribution is 5.95. The maximum Gasteiger partial charge on any atom is 0.417 e. The fourth-order valence-corrected chi connectivity index (χ4v) is 4.91. The molecular formula is C25H27F5N2O4. The second-order valence-electron chi connectivity index (χ2n) is 9.40. The van der Waals surface area contributed by atoms with E-state index in [9.17, 15) is 26.7 Å². The average Bonchev–Trinajstić information content (AvgIpc) is 3.43. The number of nitrogens with zero attached hydrogens (tertiary/aromatic N) is 1. The number of methoxy groups -OCH3 is 1. The Labute approximate surface area is 205 Å². The Bertz CT molecular complexity index is 1100. The lowest BCUT2D eigenvalue weighted by Crippen LogP contribution is -2.47. The van der Waals surface area contributed by atoms with Gasteiger partial charge in [0.2, 0.25) is 5.82 Å². The molecule has 6 nitrogen and oxygen atoms in total. The number of pyridine rings is 1. The maximum absolute atomic E-state index is 14.4. The molecular weight excluding hydrogens is 487 g/mol. The molecule has 0 saturated carbocycles. The second kappa shape index (κ2) is 9.93. The smallest absolute Gasteiger partial charge is 0.417 e. The van der Waals surface area contributed by atoms with E-state index in [0.29, 0.717) is 25.6 Å². The number of ether oxygens (including phenoxy) is 3. The fraction of sp³-hybridized carbons (Fsp3) is 0.520. The van der Waals surface area contributed by atoms with E-state index >= 15 is 0 Å². The summed E-state index contributed by atoms with van der Waals surface area (Å²) < 4.78 is 86.1. The monoisotopic (exact) mass is 514 g/mol. The number of nitrogens with one attached hydrogen (secondary N) is 1. The largest absolute Gasteiger partial charge is 0.493 e. The zero-order valence-corrected chi connectivity index (χ0v) is 20.0. The summed E-state index contributed by atoms with van der Waals surface area (Å²) in [5.74, 6) is -6.27. The molecule has 2 aliphatic heterocycles. The van der Waals surface area contributed by atoms with E-state index in [1.54, 1.807) is 12.1 Å². The molecule has 1 amide bonds. The third kappa shape index (κ3) is 4.78. The molecule has 1 aromatic carbocycles. The van der Waals surface area contributed by atoms with Gasteiger partial charge in [0.1, 0.15) is 6.10 Å². The van der Waals surface area contributed by atoms with Crippen LogP contribution in [0.4, 0.5) is 27.6 Å². The fourth-order valence-electron chi connectivity index (χ4n) is 4.91. The van der Waals surface area contributed by atoms with Crippen LogP contribution in [0, 0.1) is 23.5 Å². The van der Waals surface area contributed by atoms with Crippen molar-refractivity contribution in [1.29, 1.82) is 0 Å². The minimum Gasteiger partial charge on any atom is -0.493 e. The van der Waals surface area contributed by atoms with Gasteiger partial charge in [-0.05, 0) is 43.9 Å². The summed E-state index contributed by atoms with van der Waals surface area (Å²) in [6.45, 7) is 3.46. The normalized spacial score (nSPS) is 28.3. The van der Waals surface area contributed by atoms with Crippen LogP contribution in [-0.2, 0) is 20.7 Å². The van der Waals surface area contributed by atoms with Gasteiger partial charge in [0, 0.05) is 36.3 Å². The zero-order valence-electron chi connectivity index (χ0n) is 20.0. The molecule has 0 unspecified atom stereocenters. The van der Waals surface area contributed by atoms with Crippen LogP contribution in [0.15, 0.2) is 30.5 Å². The number of amides is 1. The van der Waals surface area contributed by atoms with Gasteiger partial charge in [0.05, 0.1) is 19.0 Å². The first-order chi connectivity index (χ1) is 17.0. The van der Waals surface area contributed by atoms with E-state index in [-0.39, 0.29) is 11.3 Å². The number of carbonyl (C=O) groups is 1. The SMILES string of the molecule is COc1c([C@H]2[C@H](C(=O)Nc3ccc(C[C@H]4CCOC4)nc3)O[C@@](C)(C(F)(F)F)[C@H]2C)ccc(F)c1F. The van der Waals surface area contributed by atoms with Crippen LogP contribution in [0.3, 0.4) is 0 Å². The highest BCUT2D eigenvalue weighted by Crippen LogP contribution is 2.55. The lowest BCUT2D eigenvalue weighted by Gasteiger charge is -2.32. The molecule has 2 saturated heterocycles. The van der Waals surface area contributed by atoms with Crippen molar-refractivity contribution in [2.75, 3.05) is 25.6 Å². The van der Waals surface area contributed by atoms with E-state index in [1.807, 2.05) is 0 Å². The summed E-state index contributed by atoms with van der Waals surface area (Å²) in [6.07, 6.45) is -3.44. The van der Waals surface area contributed by atoms with E-state index in [0.717, 1.165) is 38.3 Å². The first-order valence-electron chi connectivity index (χ1n) is 11.6. The lowest BCUT2D eigenvalue weighted by molar-refractivity contribution is -0.272. The van der Waals surface area contributed by atoms with Crippen LogP contribution in [0.5, 0.6) is 5.75 Å². The highest BCUT2D eigenvalue weighted by Gasteiger charge is 2.65. The zero-order chi connectivity index (χ0) is 26.3. The summed E-state index contributed by atoms with van der Waals surface area (Å²) in [5.41, 5.74) is -1.76.